The zero-order valence-corrected chi connectivity index (χ0v) is 13.4. The molecule has 5 aromatic rings. The van der Waals surface area contributed by atoms with E-state index < -0.39 is 0 Å². The standard InChI is InChI=1S/C21H9N5/c22-10-16-17(11-23)26-21-18-13-5-2-1-4-12(13)7-8-14(18)19-15(20(21)25-16)6-3-9-24-19/h1-9H. The monoisotopic (exact) mass is 331 g/mol. The average molecular weight is 331 g/mol. The molecule has 0 aliphatic rings. The van der Waals surface area contributed by atoms with Gasteiger partial charge in [0.2, 0.25) is 0 Å². The molecular formula is C21H9N5. The Labute approximate surface area is 147 Å². The van der Waals surface area contributed by atoms with Crippen molar-refractivity contribution in [1.29, 1.82) is 10.5 Å². The number of pyridine rings is 1. The van der Waals surface area contributed by atoms with Gasteiger partial charge in [-0.05, 0) is 22.9 Å². The molecule has 5 nitrogen and oxygen atoms in total. The summed E-state index contributed by atoms with van der Waals surface area (Å²) in [6.07, 6.45) is 1.74. The molecule has 5 rings (SSSR count). The molecule has 3 aromatic carbocycles. The van der Waals surface area contributed by atoms with Gasteiger partial charge < -0.3 is 0 Å². The van der Waals surface area contributed by atoms with Crippen molar-refractivity contribution in [3.63, 3.8) is 0 Å². The van der Waals surface area contributed by atoms with Gasteiger partial charge in [0.25, 0.3) is 0 Å². The molecule has 118 valence electrons. The third-order valence-electron chi connectivity index (χ3n) is 4.59. The first kappa shape index (κ1) is 14.3. The van der Waals surface area contributed by atoms with Crippen LogP contribution in [-0.4, -0.2) is 15.0 Å². The van der Waals surface area contributed by atoms with E-state index in [0.717, 1.165) is 32.4 Å². The second kappa shape index (κ2) is 5.20. The Morgan fingerprint density at radius 3 is 2.19 bits per heavy atom. The third-order valence-corrected chi connectivity index (χ3v) is 4.59. The van der Waals surface area contributed by atoms with Gasteiger partial charge in [-0.1, -0.05) is 36.4 Å². The second-order valence-corrected chi connectivity index (χ2v) is 5.95. The molecule has 0 aliphatic heterocycles. The second-order valence-electron chi connectivity index (χ2n) is 5.95. The minimum Gasteiger partial charge on any atom is -0.256 e. The van der Waals surface area contributed by atoms with Crippen LogP contribution in [0.4, 0.5) is 0 Å². The van der Waals surface area contributed by atoms with Crippen LogP contribution in [0.3, 0.4) is 0 Å². The molecule has 26 heavy (non-hydrogen) atoms. The van der Waals surface area contributed by atoms with E-state index in [9.17, 15) is 10.5 Å². The van der Waals surface area contributed by atoms with Crippen molar-refractivity contribution in [3.8, 4) is 12.1 Å². The minimum absolute atomic E-state index is 0.0322. The number of nitrogens with zero attached hydrogens (tertiary/aromatic N) is 5. The fraction of sp³-hybridized carbons (Fsp3) is 0. The summed E-state index contributed by atoms with van der Waals surface area (Å²) < 4.78 is 0. The van der Waals surface area contributed by atoms with Crippen LogP contribution in [0.2, 0.25) is 0 Å². The van der Waals surface area contributed by atoms with Crippen LogP contribution in [-0.2, 0) is 0 Å². The van der Waals surface area contributed by atoms with E-state index in [4.69, 9.17) is 0 Å². The molecule has 0 amide bonds. The summed E-state index contributed by atoms with van der Waals surface area (Å²) in [5, 5.41) is 23.5. The predicted molar refractivity (Wildman–Crippen MR) is 99.3 cm³/mol. The highest BCUT2D eigenvalue weighted by Gasteiger charge is 2.17. The quantitative estimate of drug-likeness (QED) is 0.396. The van der Waals surface area contributed by atoms with E-state index in [1.165, 1.54) is 0 Å². The largest absolute Gasteiger partial charge is 0.256 e. The van der Waals surface area contributed by atoms with Gasteiger partial charge in [0.1, 0.15) is 17.7 Å². The zero-order valence-electron chi connectivity index (χ0n) is 13.4. The molecule has 0 radical (unpaired) electrons. The van der Waals surface area contributed by atoms with Crippen LogP contribution < -0.4 is 0 Å². The Balaban J connectivity index is 2.20. The van der Waals surface area contributed by atoms with Crippen molar-refractivity contribution in [2.45, 2.75) is 0 Å². The van der Waals surface area contributed by atoms with Gasteiger partial charge >= 0.3 is 0 Å². The van der Waals surface area contributed by atoms with E-state index in [-0.39, 0.29) is 11.4 Å². The molecule has 0 spiro atoms. The Morgan fingerprint density at radius 2 is 1.38 bits per heavy atom. The van der Waals surface area contributed by atoms with Crippen LogP contribution in [0.5, 0.6) is 0 Å². The predicted octanol–water partition coefficient (Wildman–Crippen LogP) is 4.23. The minimum atomic E-state index is 0.0322. The summed E-state index contributed by atoms with van der Waals surface area (Å²) >= 11 is 0. The first-order valence-electron chi connectivity index (χ1n) is 8.02. The molecule has 0 saturated heterocycles. The Bertz CT molecular complexity index is 1450. The van der Waals surface area contributed by atoms with Crippen molar-refractivity contribution in [2.75, 3.05) is 0 Å². The van der Waals surface area contributed by atoms with Crippen molar-refractivity contribution < 1.29 is 0 Å². The Kier molecular flexibility index (Phi) is 2.86. The lowest BCUT2D eigenvalue weighted by molar-refractivity contribution is 1.21. The smallest absolute Gasteiger partial charge is 0.177 e. The van der Waals surface area contributed by atoms with E-state index in [2.05, 4.69) is 21.0 Å². The SMILES string of the molecule is N#Cc1nc2c3cccnc3c3ccc4ccccc4c3c2nc1C#N. The van der Waals surface area contributed by atoms with E-state index >= 15 is 0 Å². The lowest BCUT2D eigenvalue weighted by Gasteiger charge is -2.11. The van der Waals surface area contributed by atoms with Crippen LogP contribution in [0.25, 0.3) is 43.5 Å². The molecular weight excluding hydrogens is 322 g/mol. The highest BCUT2D eigenvalue weighted by molar-refractivity contribution is 6.28. The zero-order chi connectivity index (χ0) is 17.7. The fourth-order valence-electron chi connectivity index (χ4n) is 3.49. The highest BCUT2D eigenvalue weighted by Crippen LogP contribution is 2.36. The van der Waals surface area contributed by atoms with E-state index in [1.807, 2.05) is 54.6 Å². The number of rotatable bonds is 0. The summed E-state index contributed by atoms with van der Waals surface area (Å²) in [5.74, 6) is 0. The van der Waals surface area contributed by atoms with Gasteiger partial charge in [-0.15, -0.1) is 0 Å². The Hall–Kier alpha value is -4.09. The molecule has 5 heteroatoms. The molecule has 0 fully saturated rings. The van der Waals surface area contributed by atoms with Gasteiger partial charge in [-0.3, -0.25) is 4.98 Å². The maximum atomic E-state index is 9.39. The molecule has 0 N–H and O–H groups in total. The van der Waals surface area contributed by atoms with Crippen molar-refractivity contribution in [1.82, 2.24) is 15.0 Å². The molecule has 0 bridgehead atoms. The third kappa shape index (κ3) is 1.80. The van der Waals surface area contributed by atoms with Gasteiger partial charge in [-0.2, -0.15) is 10.5 Å². The number of hydrogen-bond acceptors (Lipinski definition) is 5. The topological polar surface area (TPSA) is 86.2 Å². The number of fused-ring (bicyclic) bond motifs is 8. The van der Waals surface area contributed by atoms with Crippen LogP contribution in [0.1, 0.15) is 11.4 Å². The van der Waals surface area contributed by atoms with Gasteiger partial charge in [0.15, 0.2) is 11.4 Å². The van der Waals surface area contributed by atoms with Gasteiger partial charge in [0, 0.05) is 22.4 Å². The van der Waals surface area contributed by atoms with E-state index in [0.29, 0.717) is 11.0 Å². The fourth-order valence-corrected chi connectivity index (χ4v) is 3.49. The van der Waals surface area contributed by atoms with Gasteiger partial charge in [0.05, 0.1) is 11.0 Å². The summed E-state index contributed by atoms with van der Waals surface area (Å²) in [7, 11) is 0. The lowest BCUT2D eigenvalue weighted by Crippen LogP contribution is -1.98. The average Bonchev–Trinajstić information content (AvgIpc) is 2.72. The summed E-state index contributed by atoms with van der Waals surface area (Å²) in [4.78, 5) is 13.5. The summed E-state index contributed by atoms with van der Waals surface area (Å²) in [5.41, 5.74) is 2.09. The lowest BCUT2D eigenvalue weighted by atomic mass is 9.97. The first-order valence-corrected chi connectivity index (χ1v) is 8.02. The van der Waals surface area contributed by atoms with Crippen molar-refractivity contribution in [3.05, 3.63) is 66.1 Å². The normalized spacial score (nSPS) is 11.0. The van der Waals surface area contributed by atoms with Gasteiger partial charge in [-0.25, -0.2) is 9.97 Å². The highest BCUT2D eigenvalue weighted by atomic mass is 14.8. The molecule has 0 saturated carbocycles. The number of aromatic nitrogens is 3. The Morgan fingerprint density at radius 1 is 0.654 bits per heavy atom. The van der Waals surface area contributed by atoms with Crippen molar-refractivity contribution in [2.24, 2.45) is 0 Å². The number of nitriles is 2. The summed E-state index contributed by atoms with van der Waals surface area (Å²) in [6.45, 7) is 0. The van der Waals surface area contributed by atoms with E-state index in [1.54, 1.807) is 6.20 Å². The van der Waals surface area contributed by atoms with Crippen LogP contribution in [0, 0.1) is 22.7 Å². The maximum absolute atomic E-state index is 9.39. The first-order chi connectivity index (χ1) is 12.8. The maximum Gasteiger partial charge on any atom is 0.177 e. The number of hydrogen-bond donors (Lipinski definition) is 0. The van der Waals surface area contributed by atoms with Crippen molar-refractivity contribution >= 4 is 43.5 Å². The number of benzene rings is 3. The van der Waals surface area contributed by atoms with Crippen LogP contribution >= 0.6 is 0 Å². The molecule has 2 aromatic heterocycles. The van der Waals surface area contributed by atoms with Crippen LogP contribution in [0.15, 0.2) is 54.7 Å². The molecule has 0 atom stereocenters. The summed E-state index contributed by atoms with van der Waals surface area (Å²) in [6, 6.07) is 19.8. The molecule has 0 unspecified atom stereocenters. The molecule has 2 heterocycles. The molecule has 0 aliphatic carbocycles.